The van der Waals surface area contributed by atoms with Gasteiger partial charge in [0.2, 0.25) is 5.91 Å². The molecule has 0 aliphatic heterocycles. The van der Waals surface area contributed by atoms with Gasteiger partial charge < -0.3 is 15.4 Å². The number of nitriles is 1. The largest absolute Gasteiger partial charge is 0.489 e. The molecule has 6 heteroatoms. The van der Waals surface area contributed by atoms with Gasteiger partial charge in [0.25, 0.3) is 5.91 Å². The van der Waals surface area contributed by atoms with Crippen molar-refractivity contribution in [2.45, 2.75) is 6.61 Å². The third kappa shape index (κ3) is 5.57. The fourth-order valence-corrected chi connectivity index (χ4v) is 2.67. The highest BCUT2D eigenvalue weighted by Gasteiger charge is 2.08. The van der Waals surface area contributed by atoms with Gasteiger partial charge in [0.05, 0.1) is 11.6 Å². The highest BCUT2D eigenvalue weighted by molar-refractivity contribution is 6.06. The van der Waals surface area contributed by atoms with E-state index >= 15 is 0 Å². The molecule has 2 amide bonds. The number of nitrogens with zero attached hydrogens (tertiary/aromatic N) is 1. The van der Waals surface area contributed by atoms with Crippen LogP contribution in [0.2, 0.25) is 0 Å². The van der Waals surface area contributed by atoms with Gasteiger partial charge in [-0.15, -0.1) is 0 Å². The predicted octanol–water partition coefficient (Wildman–Crippen LogP) is 4.51. The quantitative estimate of drug-likeness (QED) is 0.574. The summed E-state index contributed by atoms with van der Waals surface area (Å²) >= 11 is 0. The third-order valence-corrected chi connectivity index (χ3v) is 4.15. The average molecular weight is 397 g/mol. The lowest BCUT2D eigenvalue weighted by molar-refractivity contribution is -0.111. The molecule has 0 bridgehead atoms. The molecular formula is C24H19N3O3. The van der Waals surface area contributed by atoms with Crippen molar-refractivity contribution < 1.29 is 14.3 Å². The third-order valence-electron chi connectivity index (χ3n) is 4.15. The Labute approximate surface area is 174 Å². The lowest BCUT2D eigenvalue weighted by Gasteiger charge is -2.09. The first-order valence-corrected chi connectivity index (χ1v) is 9.14. The summed E-state index contributed by atoms with van der Waals surface area (Å²) in [5.41, 5.74) is 3.02. The molecule has 6 nitrogen and oxygen atoms in total. The van der Waals surface area contributed by atoms with E-state index in [0.29, 0.717) is 34.9 Å². The van der Waals surface area contributed by atoms with Crippen LogP contribution in [0.3, 0.4) is 0 Å². The number of ether oxygens (including phenoxy) is 1. The van der Waals surface area contributed by atoms with Gasteiger partial charge in [0, 0.05) is 16.9 Å². The molecule has 0 aromatic heterocycles. The second-order valence-corrected chi connectivity index (χ2v) is 6.35. The molecule has 0 saturated heterocycles. The number of amides is 2. The molecule has 0 unspecified atom stereocenters. The van der Waals surface area contributed by atoms with Crippen LogP contribution in [0.1, 0.15) is 21.5 Å². The molecule has 0 saturated carbocycles. The minimum absolute atomic E-state index is 0.299. The van der Waals surface area contributed by atoms with Crippen LogP contribution in [-0.2, 0) is 11.4 Å². The number of carbonyl (C=O) groups is 2. The second kappa shape index (κ2) is 9.71. The molecule has 0 atom stereocenters. The van der Waals surface area contributed by atoms with Crippen LogP contribution in [0, 0.1) is 11.3 Å². The van der Waals surface area contributed by atoms with Crippen LogP contribution in [0.15, 0.2) is 85.5 Å². The Bertz CT molecular complexity index is 1120. The Morgan fingerprint density at radius 1 is 0.967 bits per heavy atom. The van der Waals surface area contributed by atoms with E-state index in [1.807, 2.05) is 12.1 Å². The number of nitrogens with one attached hydrogen (secondary N) is 2. The van der Waals surface area contributed by atoms with Crippen molar-refractivity contribution in [3.8, 4) is 11.8 Å². The second-order valence-electron chi connectivity index (χ2n) is 6.35. The highest BCUT2D eigenvalue weighted by Crippen LogP contribution is 2.19. The lowest BCUT2D eigenvalue weighted by Crippen LogP contribution is -2.13. The van der Waals surface area contributed by atoms with E-state index in [9.17, 15) is 9.59 Å². The summed E-state index contributed by atoms with van der Waals surface area (Å²) in [6.07, 6.45) is 1.16. The van der Waals surface area contributed by atoms with Gasteiger partial charge in [-0.2, -0.15) is 5.26 Å². The molecule has 2 N–H and O–H groups in total. The predicted molar refractivity (Wildman–Crippen MR) is 115 cm³/mol. The molecule has 0 spiro atoms. The van der Waals surface area contributed by atoms with Crippen LogP contribution < -0.4 is 15.4 Å². The van der Waals surface area contributed by atoms with E-state index in [1.165, 1.54) is 0 Å². The molecule has 30 heavy (non-hydrogen) atoms. The fraction of sp³-hybridized carbons (Fsp3) is 0.0417. The van der Waals surface area contributed by atoms with E-state index < -0.39 is 0 Å². The van der Waals surface area contributed by atoms with Gasteiger partial charge >= 0.3 is 0 Å². The zero-order chi connectivity index (χ0) is 21.3. The zero-order valence-electron chi connectivity index (χ0n) is 16.1. The monoisotopic (exact) mass is 397 g/mol. The Balaban J connectivity index is 1.59. The molecule has 148 valence electrons. The summed E-state index contributed by atoms with van der Waals surface area (Å²) in [4.78, 5) is 23.9. The Morgan fingerprint density at radius 3 is 2.47 bits per heavy atom. The van der Waals surface area contributed by atoms with Gasteiger partial charge in [-0.3, -0.25) is 9.59 Å². The highest BCUT2D eigenvalue weighted by atomic mass is 16.5. The maximum absolute atomic E-state index is 12.5. The molecule has 0 radical (unpaired) electrons. The average Bonchev–Trinajstić information content (AvgIpc) is 2.78. The summed E-state index contributed by atoms with van der Waals surface area (Å²) in [7, 11) is 0. The molecule has 0 heterocycles. The van der Waals surface area contributed by atoms with Crippen LogP contribution in [0.25, 0.3) is 0 Å². The fourth-order valence-electron chi connectivity index (χ4n) is 2.67. The van der Waals surface area contributed by atoms with Crippen molar-refractivity contribution in [3.05, 3.63) is 102 Å². The van der Waals surface area contributed by atoms with E-state index in [-0.39, 0.29) is 11.8 Å². The van der Waals surface area contributed by atoms with Crippen LogP contribution in [0.5, 0.6) is 5.75 Å². The number of anilines is 2. The van der Waals surface area contributed by atoms with Gasteiger partial charge in [-0.1, -0.05) is 24.8 Å². The van der Waals surface area contributed by atoms with Crippen molar-refractivity contribution in [1.29, 1.82) is 5.26 Å². The van der Waals surface area contributed by atoms with E-state index in [4.69, 9.17) is 10.00 Å². The summed E-state index contributed by atoms with van der Waals surface area (Å²) in [5.74, 6) is -0.00122. The number of hydrogen-bond acceptors (Lipinski definition) is 4. The van der Waals surface area contributed by atoms with Crippen molar-refractivity contribution in [1.82, 2.24) is 0 Å². The van der Waals surface area contributed by atoms with Crippen LogP contribution >= 0.6 is 0 Å². The smallest absolute Gasteiger partial charge is 0.255 e. The van der Waals surface area contributed by atoms with Crippen LogP contribution in [0.4, 0.5) is 11.4 Å². The number of hydrogen-bond donors (Lipinski definition) is 2. The van der Waals surface area contributed by atoms with E-state index in [2.05, 4.69) is 23.3 Å². The first kappa shape index (κ1) is 20.4. The first-order chi connectivity index (χ1) is 14.6. The molecular weight excluding hydrogens is 378 g/mol. The number of benzene rings is 3. The normalized spacial score (nSPS) is 9.83. The minimum atomic E-state index is -0.345. The standard InChI is InChI=1S/C24H19N3O3/c1-2-23(28)26-21-8-4-7-19(14-21)24(29)27-20-9-11-22(12-10-20)30-16-18-6-3-5-17(13-18)15-25/h2-14H,1,16H2,(H,26,28)(H,27,29). The Kier molecular flexibility index (Phi) is 6.59. The van der Waals surface area contributed by atoms with Crippen molar-refractivity contribution >= 4 is 23.2 Å². The molecule has 3 aromatic carbocycles. The summed E-state index contributed by atoms with van der Waals surface area (Å²) in [6.45, 7) is 3.74. The zero-order valence-corrected chi connectivity index (χ0v) is 16.1. The Hall–Kier alpha value is -4.37. The van der Waals surface area contributed by atoms with Crippen LogP contribution in [-0.4, -0.2) is 11.8 Å². The van der Waals surface area contributed by atoms with Gasteiger partial charge in [0.15, 0.2) is 0 Å². The number of carbonyl (C=O) groups excluding carboxylic acids is 2. The molecule has 0 aliphatic carbocycles. The van der Waals surface area contributed by atoms with E-state index in [0.717, 1.165) is 11.6 Å². The molecule has 3 rings (SSSR count). The van der Waals surface area contributed by atoms with Crippen molar-refractivity contribution in [2.24, 2.45) is 0 Å². The van der Waals surface area contributed by atoms with Gasteiger partial charge in [-0.25, -0.2) is 0 Å². The van der Waals surface area contributed by atoms with Gasteiger partial charge in [-0.05, 0) is 66.2 Å². The molecule has 3 aromatic rings. The number of rotatable bonds is 7. The van der Waals surface area contributed by atoms with Gasteiger partial charge in [0.1, 0.15) is 12.4 Å². The van der Waals surface area contributed by atoms with E-state index in [1.54, 1.807) is 60.7 Å². The lowest BCUT2D eigenvalue weighted by atomic mass is 10.1. The first-order valence-electron chi connectivity index (χ1n) is 9.14. The van der Waals surface area contributed by atoms with Crippen molar-refractivity contribution in [3.63, 3.8) is 0 Å². The molecule has 0 fully saturated rings. The summed E-state index contributed by atoms with van der Waals surface area (Å²) < 4.78 is 5.73. The minimum Gasteiger partial charge on any atom is -0.489 e. The SMILES string of the molecule is C=CC(=O)Nc1cccc(C(=O)Nc2ccc(OCc3cccc(C#N)c3)cc2)c1. The van der Waals surface area contributed by atoms with Crippen molar-refractivity contribution in [2.75, 3.05) is 10.6 Å². The summed E-state index contributed by atoms with van der Waals surface area (Å²) in [5, 5.41) is 14.4. The molecule has 0 aliphatic rings. The topological polar surface area (TPSA) is 91.2 Å². The maximum Gasteiger partial charge on any atom is 0.255 e. The Morgan fingerprint density at radius 2 is 1.73 bits per heavy atom. The summed E-state index contributed by atoms with van der Waals surface area (Å²) in [6, 6.07) is 22.9. The maximum atomic E-state index is 12.5.